The molecular weight excluding hydrogens is 577 g/mol. The molecule has 6 rings (SSSR count). The number of piperidine rings is 1. The average Bonchev–Trinajstić information content (AvgIpc) is 3.49. The minimum atomic E-state index is -3.70. The molecule has 45 heavy (non-hydrogen) atoms. The molecule has 3 atom stereocenters. The van der Waals surface area contributed by atoms with E-state index in [0.29, 0.717) is 17.4 Å². The lowest BCUT2D eigenvalue weighted by molar-refractivity contribution is -0.0318. The number of hydrogen-bond acceptors (Lipinski definition) is 4. The lowest BCUT2D eigenvalue weighted by atomic mass is 9.84. The Morgan fingerprint density at radius 1 is 0.733 bits per heavy atom. The number of rotatable bonds is 12. The van der Waals surface area contributed by atoms with E-state index in [9.17, 15) is 13.5 Å². The molecule has 5 nitrogen and oxygen atoms in total. The number of aryl methyl sites for hydroxylation is 1. The zero-order valence-electron chi connectivity index (χ0n) is 26.1. The van der Waals surface area contributed by atoms with E-state index in [1.807, 2.05) is 42.5 Å². The van der Waals surface area contributed by atoms with Crippen LogP contribution >= 0.6 is 0 Å². The van der Waals surface area contributed by atoms with Crippen molar-refractivity contribution in [2.24, 2.45) is 5.92 Å². The molecule has 0 spiro atoms. The monoisotopic (exact) mass is 622 g/mol. The minimum absolute atomic E-state index is 0.106. The van der Waals surface area contributed by atoms with Crippen LogP contribution < -0.4 is 0 Å². The van der Waals surface area contributed by atoms with E-state index in [4.69, 9.17) is 0 Å². The molecule has 1 heterocycles. The van der Waals surface area contributed by atoms with E-state index in [1.165, 1.54) is 11.1 Å². The first kappa shape index (κ1) is 31.7. The predicted molar refractivity (Wildman–Crippen MR) is 181 cm³/mol. The Morgan fingerprint density at radius 2 is 1.29 bits per heavy atom. The van der Waals surface area contributed by atoms with E-state index >= 15 is 0 Å². The number of hydrogen-bond donors (Lipinski definition) is 1. The van der Waals surface area contributed by atoms with Crippen molar-refractivity contribution < 1.29 is 13.5 Å². The average molecular weight is 623 g/mol. The summed E-state index contributed by atoms with van der Waals surface area (Å²) in [6, 6.07) is 39.9. The van der Waals surface area contributed by atoms with E-state index in [1.54, 1.807) is 28.6 Å². The second-order valence-corrected chi connectivity index (χ2v) is 15.0. The summed E-state index contributed by atoms with van der Waals surface area (Å²) in [5, 5.41) is 11.4. The fraction of sp³-hybridized carbons (Fsp3) is 0.385. The molecular formula is C39H46N2O3S. The van der Waals surface area contributed by atoms with Gasteiger partial charge in [-0.3, -0.25) is 0 Å². The van der Waals surface area contributed by atoms with Gasteiger partial charge in [-0.05, 0) is 85.6 Å². The zero-order valence-corrected chi connectivity index (χ0v) is 26.9. The third-order valence-corrected chi connectivity index (χ3v) is 12.0. The Balaban J connectivity index is 1.17. The van der Waals surface area contributed by atoms with E-state index in [0.717, 1.165) is 70.1 Å². The summed E-state index contributed by atoms with van der Waals surface area (Å²) in [5.41, 5.74) is 3.02. The Labute approximate surface area is 269 Å². The standard InChI is InChI=1S/C39H46N2O3S/c42-39(23-13-18-32-14-5-1-6-15-32)24-26-40(27-25-39)31-35-28-36(29-38(35)34-19-9-3-10-20-34)41(30-33-16-7-2-8-17-33)45(43,44)37-21-11-4-12-22-37/h1-12,14-17,19-22,35-36,38,42H,13,18,23-31H2. The summed E-state index contributed by atoms with van der Waals surface area (Å²) < 4.78 is 30.2. The van der Waals surface area contributed by atoms with Crippen molar-refractivity contribution in [3.05, 3.63) is 138 Å². The molecule has 0 bridgehead atoms. The van der Waals surface area contributed by atoms with Gasteiger partial charge in [-0.15, -0.1) is 0 Å². The molecule has 0 amide bonds. The largest absolute Gasteiger partial charge is 0.390 e. The quantitative estimate of drug-likeness (QED) is 0.180. The number of sulfonamides is 1. The maximum atomic E-state index is 14.2. The van der Waals surface area contributed by atoms with Crippen LogP contribution in [-0.4, -0.2) is 54.0 Å². The SMILES string of the molecule is O=S(=O)(c1ccccc1)N(Cc1ccccc1)C1CC(CN2CCC(O)(CCCc3ccccc3)CC2)C(c2ccccc2)C1. The van der Waals surface area contributed by atoms with Crippen molar-refractivity contribution in [2.75, 3.05) is 19.6 Å². The van der Waals surface area contributed by atoms with Crippen LogP contribution in [0.3, 0.4) is 0 Å². The Kier molecular flexibility index (Phi) is 10.2. The number of aliphatic hydroxyl groups is 1. The van der Waals surface area contributed by atoms with Gasteiger partial charge in [0.05, 0.1) is 10.5 Å². The van der Waals surface area contributed by atoms with E-state index in [2.05, 4.69) is 59.5 Å². The molecule has 1 aliphatic carbocycles. The molecule has 1 saturated carbocycles. The number of likely N-dealkylation sites (tertiary alicyclic amines) is 1. The van der Waals surface area contributed by atoms with Crippen LogP contribution in [0.5, 0.6) is 0 Å². The van der Waals surface area contributed by atoms with Crippen LogP contribution in [0.2, 0.25) is 0 Å². The molecule has 3 unspecified atom stereocenters. The second-order valence-electron chi connectivity index (χ2n) is 13.1. The molecule has 6 heteroatoms. The van der Waals surface area contributed by atoms with Crippen molar-refractivity contribution >= 4 is 10.0 Å². The second kappa shape index (κ2) is 14.4. The van der Waals surface area contributed by atoms with E-state index in [-0.39, 0.29) is 12.0 Å². The van der Waals surface area contributed by atoms with Crippen molar-refractivity contribution in [1.82, 2.24) is 9.21 Å². The van der Waals surface area contributed by atoms with Gasteiger partial charge in [-0.1, -0.05) is 109 Å². The first-order valence-electron chi connectivity index (χ1n) is 16.5. The highest BCUT2D eigenvalue weighted by molar-refractivity contribution is 7.89. The molecule has 0 aromatic heterocycles. The Bertz CT molecular complexity index is 1570. The van der Waals surface area contributed by atoms with Crippen molar-refractivity contribution in [1.29, 1.82) is 0 Å². The summed E-state index contributed by atoms with van der Waals surface area (Å²) >= 11 is 0. The van der Waals surface area contributed by atoms with Crippen molar-refractivity contribution in [3.63, 3.8) is 0 Å². The predicted octanol–water partition coefficient (Wildman–Crippen LogP) is 7.29. The number of benzene rings is 4. The molecule has 1 saturated heterocycles. The van der Waals surface area contributed by atoms with Crippen molar-refractivity contribution in [3.8, 4) is 0 Å². The number of nitrogens with zero attached hydrogens (tertiary/aromatic N) is 2. The van der Waals surface area contributed by atoms with Gasteiger partial charge in [-0.25, -0.2) is 8.42 Å². The van der Waals surface area contributed by atoms with Crippen LogP contribution in [0.15, 0.2) is 126 Å². The fourth-order valence-corrected chi connectivity index (χ4v) is 9.20. The molecule has 2 aliphatic rings. The molecule has 0 radical (unpaired) electrons. The maximum absolute atomic E-state index is 14.2. The first-order chi connectivity index (χ1) is 21.9. The van der Waals surface area contributed by atoms with Gasteiger partial charge in [0, 0.05) is 32.2 Å². The molecule has 236 valence electrons. The summed E-state index contributed by atoms with van der Waals surface area (Å²) in [5.74, 6) is 0.595. The van der Waals surface area contributed by atoms with Crippen molar-refractivity contribution in [2.45, 2.75) is 73.9 Å². The van der Waals surface area contributed by atoms with Gasteiger partial charge in [0.1, 0.15) is 0 Å². The molecule has 4 aromatic carbocycles. The highest BCUT2D eigenvalue weighted by atomic mass is 32.2. The van der Waals surface area contributed by atoms with Gasteiger partial charge < -0.3 is 10.0 Å². The van der Waals surface area contributed by atoms with Gasteiger partial charge in [0.15, 0.2) is 0 Å². The van der Waals surface area contributed by atoms with Crippen LogP contribution in [0.1, 0.15) is 61.1 Å². The summed E-state index contributed by atoms with van der Waals surface area (Å²) in [4.78, 5) is 2.87. The summed E-state index contributed by atoms with van der Waals surface area (Å²) in [6.45, 7) is 3.03. The van der Waals surface area contributed by atoms with Crippen LogP contribution in [0.4, 0.5) is 0 Å². The maximum Gasteiger partial charge on any atom is 0.243 e. The van der Waals surface area contributed by atoms with Crippen LogP contribution in [0.25, 0.3) is 0 Å². The molecule has 1 N–H and O–H groups in total. The van der Waals surface area contributed by atoms with Gasteiger partial charge in [0.25, 0.3) is 0 Å². The topological polar surface area (TPSA) is 60.9 Å². The van der Waals surface area contributed by atoms with Gasteiger partial charge >= 0.3 is 0 Å². The molecule has 1 aliphatic heterocycles. The lowest BCUT2D eigenvalue weighted by Gasteiger charge is -2.40. The fourth-order valence-electron chi connectivity index (χ4n) is 7.54. The normalized spacial score (nSPS) is 22.0. The van der Waals surface area contributed by atoms with Gasteiger partial charge in [-0.2, -0.15) is 4.31 Å². The third kappa shape index (κ3) is 7.93. The summed E-state index contributed by atoms with van der Waals surface area (Å²) in [7, 11) is -3.70. The minimum Gasteiger partial charge on any atom is -0.390 e. The highest BCUT2D eigenvalue weighted by Gasteiger charge is 2.43. The van der Waals surface area contributed by atoms with Crippen LogP contribution in [-0.2, 0) is 23.0 Å². The molecule has 4 aromatic rings. The summed E-state index contributed by atoms with van der Waals surface area (Å²) in [6.07, 6.45) is 6.02. The van der Waals surface area contributed by atoms with Crippen LogP contribution in [0, 0.1) is 5.92 Å². The third-order valence-electron chi connectivity index (χ3n) is 10.1. The zero-order chi connectivity index (χ0) is 31.1. The molecule has 2 fully saturated rings. The highest BCUT2D eigenvalue weighted by Crippen LogP contribution is 2.44. The van der Waals surface area contributed by atoms with E-state index < -0.39 is 15.6 Å². The Hall–Kier alpha value is -3.29. The lowest BCUT2D eigenvalue weighted by Crippen LogP contribution is -2.46. The smallest absolute Gasteiger partial charge is 0.243 e. The van der Waals surface area contributed by atoms with Gasteiger partial charge in [0.2, 0.25) is 10.0 Å². The Morgan fingerprint density at radius 3 is 1.91 bits per heavy atom. The first-order valence-corrected chi connectivity index (χ1v) is 18.0.